The van der Waals surface area contributed by atoms with Crippen molar-refractivity contribution in [3.8, 4) is 6.07 Å². The number of aryl methyl sites for hydroxylation is 1. The van der Waals surface area contributed by atoms with Gasteiger partial charge in [0.2, 0.25) is 0 Å². The van der Waals surface area contributed by atoms with E-state index in [1.807, 2.05) is 6.07 Å². The molecule has 4 heteroatoms. The van der Waals surface area contributed by atoms with Crippen LogP contribution in [0.1, 0.15) is 112 Å². The van der Waals surface area contributed by atoms with Crippen molar-refractivity contribution in [3.63, 3.8) is 0 Å². The van der Waals surface area contributed by atoms with E-state index in [0.29, 0.717) is 29.1 Å². The maximum atomic E-state index is 9.99. The van der Waals surface area contributed by atoms with Crippen molar-refractivity contribution in [2.24, 2.45) is 0 Å². The average Bonchev–Trinajstić information content (AvgIpc) is 2.82. The Morgan fingerprint density at radius 1 is 1.24 bits per heavy atom. The minimum atomic E-state index is 0.305. The lowest BCUT2D eigenvalue weighted by atomic mass is 9.75. The zero-order valence-electron chi connectivity index (χ0n) is 21.0. The number of fused-ring (bicyclic) bond motifs is 1. The summed E-state index contributed by atoms with van der Waals surface area (Å²) in [5.41, 5.74) is 15.4. The number of unbranched alkanes of at least 4 members (excludes halogenated alkanes) is 1. The second kappa shape index (κ2) is 10.2. The van der Waals surface area contributed by atoms with Crippen molar-refractivity contribution in [2.45, 2.75) is 103 Å². The molecule has 0 spiro atoms. The number of nitrogen functional groups attached to an aromatic ring is 1. The van der Waals surface area contributed by atoms with Crippen molar-refractivity contribution >= 4 is 11.4 Å². The topological polar surface area (TPSA) is 65.9 Å². The number of hydrogen-bond donors (Lipinski definition) is 1. The van der Waals surface area contributed by atoms with Crippen LogP contribution in [0, 0.1) is 11.3 Å². The summed E-state index contributed by atoms with van der Waals surface area (Å²) in [4.78, 5) is 7.78. The second-order valence-corrected chi connectivity index (χ2v) is 10.1. The number of pyridine rings is 1. The predicted octanol–water partition coefficient (Wildman–Crippen LogP) is 6.65. The normalized spacial score (nSPS) is 20.6. The van der Waals surface area contributed by atoms with Gasteiger partial charge in [0.1, 0.15) is 6.07 Å². The average molecular weight is 445 g/mol. The summed E-state index contributed by atoms with van der Waals surface area (Å²) in [5.74, 6) is 0.722. The summed E-state index contributed by atoms with van der Waals surface area (Å²) in [7, 11) is 0. The molecule has 176 valence electrons. The van der Waals surface area contributed by atoms with E-state index in [1.165, 1.54) is 66.0 Å². The number of benzene rings is 1. The first kappa shape index (κ1) is 23.6. The van der Waals surface area contributed by atoms with Gasteiger partial charge in [-0.25, -0.2) is 0 Å². The number of hydrogen-bond acceptors (Lipinski definition) is 4. The SMILES string of the molecule is CCCCC1CCN1c1cc(CC)nc2c1CCC(c1c([C@@H](C)CC)ccc(N)c1C#N)C2. The second-order valence-electron chi connectivity index (χ2n) is 10.1. The molecule has 1 aliphatic heterocycles. The summed E-state index contributed by atoms with van der Waals surface area (Å²) in [5, 5.41) is 9.99. The van der Waals surface area contributed by atoms with Crippen molar-refractivity contribution in [1.29, 1.82) is 5.26 Å². The monoisotopic (exact) mass is 444 g/mol. The van der Waals surface area contributed by atoms with Gasteiger partial charge in [0.25, 0.3) is 0 Å². The Balaban J connectivity index is 1.72. The Kier molecular flexibility index (Phi) is 7.27. The molecule has 33 heavy (non-hydrogen) atoms. The van der Waals surface area contributed by atoms with E-state index >= 15 is 0 Å². The number of nitrogens with zero attached hydrogens (tertiary/aromatic N) is 3. The quantitative estimate of drug-likeness (QED) is 0.463. The lowest BCUT2D eigenvalue weighted by Crippen LogP contribution is -2.48. The number of nitriles is 1. The minimum absolute atomic E-state index is 0.305. The van der Waals surface area contributed by atoms with Crippen LogP contribution in [0.5, 0.6) is 0 Å². The smallest absolute Gasteiger partial charge is 0.102 e. The van der Waals surface area contributed by atoms with E-state index in [9.17, 15) is 5.26 Å². The Hall–Kier alpha value is -2.54. The van der Waals surface area contributed by atoms with E-state index in [2.05, 4.69) is 50.8 Å². The zero-order chi connectivity index (χ0) is 23.5. The van der Waals surface area contributed by atoms with Crippen molar-refractivity contribution in [1.82, 2.24) is 4.98 Å². The highest BCUT2D eigenvalue weighted by Gasteiger charge is 2.34. The van der Waals surface area contributed by atoms with Crippen LogP contribution in [0.15, 0.2) is 18.2 Å². The van der Waals surface area contributed by atoms with Crippen molar-refractivity contribution in [2.75, 3.05) is 17.2 Å². The molecular formula is C29H40N4. The third-order valence-corrected chi connectivity index (χ3v) is 8.10. The Bertz CT molecular complexity index is 1030. The largest absolute Gasteiger partial charge is 0.398 e. The number of aromatic nitrogens is 1. The molecular weight excluding hydrogens is 404 g/mol. The van der Waals surface area contributed by atoms with Crippen molar-refractivity contribution < 1.29 is 0 Å². The van der Waals surface area contributed by atoms with E-state index < -0.39 is 0 Å². The van der Waals surface area contributed by atoms with Crippen LogP contribution < -0.4 is 10.6 Å². The first-order valence-electron chi connectivity index (χ1n) is 13.1. The molecule has 0 saturated carbocycles. The third-order valence-electron chi connectivity index (χ3n) is 8.10. The van der Waals surface area contributed by atoms with Gasteiger partial charge >= 0.3 is 0 Å². The molecule has 2 heterocycles. The van der Waals surface area contributed by atoms with Gasteiger partial charge in [0, 0.05) is 35.3 Å². The van der Waals surface area contributed by atoms with Crippen LogP contribution in [0.4, 0.5) is 11.4 Å². The standard InChI is InChI=1S/C29H40N4/c1-5-8-9-22-14-15-33(22)28-17-21(7-3)32-27-16-20(10-11-24(27)28)29-23(19(4)6-2)12-13-26(31)25(29)18-30/h12-13,17,19-20,22H,5-11,14-16,31H2,1-4H3/t19-,20?,22?/m0/s1. The Morgan fingerprint density at radius 2 is 2.06 bits per heavy atom. The molecule has 0 bridgehead atoms. The molecule has 2 aromatic rings. The summed E-state index contributed by atoms with van der Waals surface area (Å²) in [6.07, 6.45) is 10.2. The van der Waals surface area contributed by atoms with Gasteiger partial charge in [-0.1, -0.05) is 46.6 Å². The summed E-state index contributed by atoms with van der Waals surface area (Å²) in [6, 6.07) is 9.59. The highest BCUT2D eigenvalue weighted by molar-refractivity contribution is 5.64. The zero-order valence-corrected chi connectivity index (χ0v) is 21.0. The fourth-order valence-corrected chi connectivity index (χ4v) is 5.81. The van der Waals surface area contributed by atoms with E-state index in [4.69, 9.17) is 10.7 Å². The maximum Gasteiger partial charge on any atom is 0.102 e. The minimum Gasteiger partial charge on any atom is -0.398 e. The molecule has 4 rings (SSSR count). The van der Waals surface area contributed by atoms with Gasteiger partial charge in [-0.2, -0.15) is 5.26 Å². The highest BCUT2D eigenvalue weighted by Crippen LogP contribution is 2.43. The number of anilines is 2. The summed E-state index contributed by atoms with van der Waals surface area (Å²) in [6.45, 7) is 10.1. The van der Waals surface area contributed by atoms with Gasteiger partial charge in [-0.3, -0.25) is 4.98 Å². The van der Waals surface area contributed by atoms with Gasteiger partial charge < -0.3 is 10.6 Å². The Labute approximate surface area is 200 Å². The number of rotatable bonds is 8. The maximum absolute atomic E-state index is 9.99. The first-order chi connectivity index (χ1) is 16.0. The molecule has 1 aromatic carbocycles. The molecule has 3 atom stereocenters. The molecule has 1 aliphatic carbocycles. The van der Waals surface area contributed by atoms with E-state index in [-0.39, 0.29) is 0 Å². The molecule has 2 N–H and O–H groups in total. The first-order valence-corrected chi connectivity index (χ1v) is 13.1. The molecule has 2 aliphatic rings. The lowest BCUT2D eigenvalue weighted by Gasteiger charge is -2.45. The highest BCUT2D eigenvalue weighted by atomic mass is 15.2. The van der Waals surface area contributed by atoms with Crippen molar-refractivity contribution in [3.05, 3.63) is 51.8 Å². The number of nitrogens with two attached hydrogens (primary N) is 1. The van der Waals surface area contributed by atoms with Gasteiger partial charge in [0.05, 0.1) is 5.56 Å². The van der Waals surface area contributed by atoms with Gasteiger partial charge in [-0.15, -0.1) is 0 Å². The van der Waals surface area contributed by atoms with Crippen LogP contribution >= 0.6 is 0 Å². The lowest BCUT2D eigenvalue weighted by molar-refractivity contribution is 0.408. The molecule has 1 fully saturated rings. The summed E-state index contributed by atoms with van der Waals surface area (Å²) >= 11 is 0. The predicted molar refractivity (Wildman–Crippen MR) is 138 cm³/mol. The molecule has 1 saturated heterocycles. The fourth-order valence-electron chi connectivity index (χ4n) is 5.81. The Morgan fingerprint density at radius 3 is 2.70 bits per heavy atom. The van der Waals surface area contributed by atoms with Crippen LogP contribution in [0.2, 0.25) is 0 Å². The van der Waals surface area contributed by atoms with E-state index in [1.54, 1.807) is 0 Å². The van der Waals surface area contributed by atoms with Gasteiger partial charge in [0.15, 0.2) is 0 Å². The van der Waals surface area contributed by atoms with Gasteiger partial charge in [-0.05, 0) is 85.6 Å². The van der Waals surface area contributed by atoms with Crippen LogP contribution in [-0.2, 0) is 19.3 Å². The van der Waals surface area contributed by atoms with Crippen LogP contribution in [0.25, 0.3) is 0 Å². The van der Waals surface area contributed by atoms with Crippen LogP contribution in [-0.4, -0.2) is 17.6 Å². The molecule has 1 aromatic heterocycles. The van der Waals surface area contributed by atoms with E-state index in [0.717, 1.165) is 32.1 Å². The van der Waals surface area contributed by atoms with Crippen LogP contribution in [0.3, 0.4) is 0 Å². The molecule has 2 unspecified atom stereocenters. The molecule has 4 nitrogen and oxygen atoms in total. The summed E-state index contributed by atoms with van der Waals surface area (Å²) < 4.78 is 0. The fraction of sp³-hybridized carbons (Fsp3) is 0.586. The third kappa shape index (κ3) is 4.47. The molecule has 0 radical (unpaired) electrons. The molecule has 0 amide bonds.